The molecular weight excluding hydrogens is 257 g/mol. The van der Waals surface area contributed by atoms with Gasteiger partial charge in [0.25, 0.3) is 0 Å². The van der Waals surface area contributed by atoms with Gasteiger partial charge in [0.1, 0.15) is 5.76 Å². The van der Waals surface area contributed by atoms with Gasteiger partial charge < -0.3 is 9.73 Å². The monoisotopic (exact) mass is 269 g/mol. The molecule has 0 saturated heterocycles. The first kappa shape index (κ1) is 12.5. The summed E-state index contributed by atoms with van der Waals surface area (Å²) in [4.78, 5) is 0. The molecule has 0 fully saturated rings. The van der Waals surface area contributed by atoms with Crippen molar-refractivity contribution < 1.29 is 4.42 Å². The van der Waals surface area contributed by atoms with Crippen LogP contribution >= 0.6 is 23.2 Å². The summed E-state index contributed by atoms with van der Waals surface area (Å²) < 4.78 is 5.32. The molecule has 1 N–H and O–H groups in total. The van der Waals surface area contributed by atoms with Crippen LogP contribution in [-0.2, 0) is 6.54 Å². The molecule has 0 amide bonds. The number of furan rings is 1. The molecule has 4 heteroatoms. The predicted molar refractivity (Wildman–Crippen MR) is 70.4 cm³/mol. The SMILES string of the molecule is C[C@@H](NCc1cc(Cl)cc(Cl)c1)c1ccco1. The maximum atomic E-state index is 5.93. The third-order valence-corrected chi connectivity index (χ3v) is 2.94. The van der Waals surface area contributed by atoms with Gasteiger partial charge in [0.15, 0.2) is 0 Å². The number of benzene rings is 1. The van der Waals surface area contributed by atoms with Crippen molar-refractivity contribution in [3.8, 4) is 0 Å². The third kappa shape index (κ3) is 3.50. The second-order valence-corrected chi connectivity index (χ2v) is 4.77. The molecule has 2 aromatic rings. The Labute approximate surface area is 111 Å². The van der Waals surface area contributed by atoms with Crippen molar-refractivity contribution in [1.29, 1.82) is 0 Å². The Kier molecular flexibility index (Phi) is 4.11. The van der Waals surface area contributed by atoms with Gasteiger partial charge >= 0.3 is 0 Å². The molecule has 0 aliphatic rings. The van der Waals surface area contributed by atoms with E-state index in [1.165, 1.54) is 0 Å². The van der Waals surface area contributed by atoms with Gasteiger partial charge in [-0.3, -0.25) is 0 Å². The second-order valence-electron chi connectivity index (χ2n) is 3.90. The zero-order chi connectivity index (χ0) is 12.3. The van der Waals surface area contributed by atoms with Crippen LogP contribution in [0.1, 0.15) is 24.3 Å². The van der Waals surface area contributed by atoms with Crippen molar-refractivity contribution in [2.24, 2.45) is 0 Å². The van der Waals surface area contributed by atoms with E-state index in [0.29, 0.717) is 16.6 Å². The average Bonchev–Trinajstić information content (AvgIpc) is 2.78. The molecule has 0 aliphatic carbocycles. The van der Waals surface area contributed by atoms with Crippen molar-refractivity contribution in [2.75, 3.05) is 0 Å². The number of rotatable bonds is 4. The molecule has 0 bridgehead atoms. The quantitative estimate of drug-likeness (QED) is 0.888. The van der Waals surface area contributed by atoms with Gasteiger partial charge in [-0.05, 0) is 42.8 Å². The van der Waals surface area contributed by atoms with Gasteiger partial charge in [0.2, 0.25) is 0 Å². The van der Waals surface area contributed by atoms with Crippen LogP contribution < -0.4 is 5.32 Å². The lowest BCUT2D eigenvalue weighted by atomic mass is 10.2. The highest BCUT2D eigenvalue weighted by atomic mass is 35.5. The van der Waals surface area contributed by atoms with Crippen LogP contribution in [0.4, 0.5) is 0 Å². The largest absolute Gasteiger partial charge is 0.468 e. The fraction of sp³-hybridized carbons (Fsp3) is 0.231. The summed E-state index contributed by atoms with van der Waals surface area (Å²) in [5, 5.41) is 4.65. The van der Waals surface area contributed by atoms with Crippen LogP contribution in [0, 0.1) is 0 Å². The molecule has 1 aromatic heterocycles. The van der Waals surface area contributed by atoms with Crippen molar-refractivity contribution in [3.05, 3.63) is 58.0 Å². The Hall–Kier alpha value is -0.960. The standard InChI is InChI=1S/C13H13Cl2NO/c1-9(13-3-2-4-17-13)16-8-10-5-11(14)7-12(15)6-10/h2-7,9,16H,8H2,1H3/t9-/m1/s1. The van der Waals surface area contributed by atoms with Gasteiger partial charge in [-0.1, -0.05) is 23.2 Å². The molecule has 0 saturated carbocycles. The van der Waals surface area contributed by atoms with E-state index in [2.05, 4.69) is 5.32 Å². The summed E-state index contributed by atoms with van der Waals surface area (Å²) in [5.74, 6) is 0.915. The summed E-state index contributed by atoms with van der Waals surface area (Å²) in [7, 11) is 0. The third-order valence-electron chi connectivity index (χ3n) is 2.50. The molecule has 0 unspecified atom stereocenters. The Balaban J connectivity index is 1.98. The maximum Gasteiger partial charge on any atom is 0.120 e. The lowest BCUT2D eigenvalue weighted by Crippen LogP contribution is -2.17. The molecule has 17 heavy (non-hydrogen) atoms. The topological polar surface area (TPSA) is 25.2 Å². The summed E-state index contributed by atoms with van der Waals surface area (Å²) in [5.41, 5.74) is 1.06. The predicted octanol–water partition coefficient (Wildman–Crippen LogP) is 4.44. The first-order chi connectivity index (χ1) is 8.15. The number of halogens is 2. The molecule has 1 atom stereocenters. The lowest BCUT2D eigenvalue weighted by molar-refractivity contribution is 0.430. The van der Waals surface area contributed by atoms with E-state index >= 15 is 0 Å². The fourth-order valence-corrected chi connectivity index (χ4v) is 2.19. The first-order valence-electron chi connectivity index (χ1n) is 5.37. The van der Waals surface area contributed by atoms with E-state index < -0.39 is 0 Å². The Morgan fingerprint density at radius 3 is 2.53 bits per heavy atom. The van der Waals surface area contributed by atoms with E-state index in [9.17, 15) is 0 Å². The van der Waals surface area contributed by atoms with Gasteiger partial charge in [-0.2, -0.15) is 0 Å². The Bertz CT molecular complexity index is 462. The Morgan fingerprint density at radius 2 is 1.94 bits per heavy atom. The molecule has 1 heterocycles. The highest BCUT2D eigenvalue weighted by Crippen LogP contribution is 2.20. The highest BCUT2D eigenvalue weighted by Gasteiger charge is 2.07. The molecule has 1 aromatic carbocycles. The zero-order valence-corrected chi connectivity index (χ0v) is 10.9. The number of nitrogens with one attached hydrogen (secondary N) is 1. The molecule has 2 nitrogen and oxygen atoms in total. The number of hydrogen-bond donors (Lipinski definition) is 1. The highest BCUT2D eigenvalue weighted by molar-refractivity contribution is 6.34. The van der Waals surface area contributed by atoms with E-state index in [1.54, 1.807) is 12.3 Å². The van der Waals surface area contributed by atoms with Crippen LogP contribution in [0.2, 0.25) is 10.0 Å². The van der Waals surface area contributed by atoms with Crippen molar-refractivity contribution >= 4 is 23.2 Å². The average molecular weight is 270 g/mol. The smallest absolute Gasteiger partial charge is 0.120 e. The fourth-order valence-electron chi connectivity index (χ4n) is 1.62. The second kappa shape index (κ2) is 5.58. The first-order valence-corrected chi connectivity index (χ1v) is 6.12. The van der Waals surface area contributed by atoms with Gasteiger partial charge in [-0.15, -0.1) is 0 Å². The van der Waals surface area contributed by atoms with E-state index in [1.807, 2.05) is 31.2 Å². The van der Waals surface area contributed by atoms with Crippen LogP contribution in [0.15, 0.2) is 41.0 Å². The van der Waals surface area contributed by atoms with Crippen molar-refractivity contribution in [2.45, 2.75) is 19.5 Å². The van der Waals surface area contributed by atoms with Gasteiger partial charge in [-0.25, -0.2) is 0 Å². The molecule has 0 radical (unpaired) electrons. The van der Waals surface area contributed by atoms with Crippen LogP contribution in [-0.4, -0.2) is 0 Å². The molecular formula is C13H13Cl2NO. The summed E-state index contributed by atoms with van der Waals surface area (Å²) >= 11 is 11.9. The summed E-state index contributed by atoms with van der Waals surface area (Å²) in [6.07, 6.45) is 1.67. The minimum absolute atomic E-state index is 0.155. The molecule has 0 spiro atoms. The summed E-state index contributed by atoms with van der Waals surface area (Å²) in [6, 6.07) is 9.50. The van der Waals surface area contributed by atoms with E-state index in [-0.39, 0.29) is 6.04 Å². The molecule has 0 aliphatic heterocycles. The van der Waals surface area contributed by atoms with E-state index in [0.717, 1.165) is 11.3 Å². The van der Waals surface area contributed by atoms with Crippen LogP contribution in [0.25, 0.3) is 0 Å². The van der Waals surface area contributed by atoms with Crippen LogP contribution in [0.3, 0.4) is 0 Å². The number of hydrogen-bond acceptors (Lipinski definition) is 2. The van der Waals surface area contributed by atoms with Gasteiger partial charge in [0, 0.05) is 16.6 Å². The Morgan fingerprint density at radius 1 is 1.24 bits per heavy atom. The summed E-state index contributed by atoms with van der Waals surface area (Å²) in [6.45, 7) is 2.74. The molecule has 90 valence electrons. The maximum absolute atomic E-state index is 5.93. The lowest BCUT2D eigenvalue weighted by Gasteiger charge is -2.11. The van der Waals surface area contributed by atoms with Crippen LogP contribution in [0.5, 0.6) is 0 Å². The minimum Gasteiger partial charge on any atom is -0.468 e. The van der Waals surface area contributed by atoms with Crippen molar-refractivity contribution in [3.63, 3.8) is 0 Å². The normalized spacial score (nSPS) is 12.6. The van der Waals surface area contributed by atoms with Gasteiger partial charge in [0.05, 0.1) is 12.3 Å². The minimum atomic E-state index is 0.155. The van der Waals surface area contributed by atoms with Crippen molar-refractivity contribution in [1.82, 2.24) is 5.32 Å². The molecule has 2 rings (SSSR count). The zero-order valence-electron chi connectivity index (χ0n) is 9.41. The van der Waals surface area contributed by atoms with E-state index in [4.69, 9.17) is 27.6 Å².